The maximum absolute atomic E-state index is 10.8. The average molecular weight is 260 g/mol. The molecular weight excluding hydrogens is 244 g/mol. The fraction of sp³-hybridized carbons (Fsp3) is 0.267. The van der Waals surface area contributed by atoms with Gasteiger partial charge in [0.2, 0.25) is 5.76 Å². The number of carboxylic acids is 1. The molecule has 2 aromatic rings. The van der Waals surface area contributed by atoms with Crippen molar-refractivity contribution >= 4 is 5.97 Å². The zero-order chi connectivity index (χ0) is 13.8. The van der Waals surface area contributed by atoms with E-state index in [0.29, 0.717) is 5.76 Å². The van der Waals surface area contributed by atoms with E-state index in [2.05, 4.69) is 6.92 Å². The second-order valence-electron chi connectivity index (χ2n) is 4.23. The second kappa shape index (κ2) is 5.61. The molecule has 2 rings (SSSR count). The first-order valence-electron chi connectivity index (χ1n) is 6.19. The summed E-state index contributed by atoms with van der Waals surface area (Å²) < 4.78 is 11.1. The monoisotopic (exact) mass is 260 g/mol. The van der Waals surface area contributed by atoms with Gasteiger partial charge in [-0.2, -0.15) is 0 Å². The largest absolute Gasteiger partial charge is 0.483 e. The molecule has 1 heterocycles. The minimum Gasteiger partial charge on any atom is -0.483 e. The highest BCUT2D eigenvalue weighted by Gasteiger charge is 2.16. The van der Waals surface area contributed by atoms with Crippen molar-refractivity contribution in [2.75, 3.05) is 0 Å². The van der Waals surface area contributed by atoms with Crippen molar-refractivity contribution in [1.82, 2.24) is 0 Å². The molecular formula is C15H16O4. The Morgan fingerprint density at radius 2 is 2.05 bits per heavy atom. The topological polar surface area (TPSA) is 59.7 Å². The normalized spacial score (nSPS) is 12.1. The highest BCUT2D eigenvalue weighted by molar-refractivity contribution is 5.84. The molecule has 0 saturated heterocycles. The van der Waals surface area contributed by atoms with Gasteiger partial charge in [-0.3, -0.25) is 0 Å². The van der Waals surface area contributed by atoms with Gasteiger partial charge in [0.15, 0.2) is 6.10 Å². The van der Waals surface area contributed by atoms with Crippen LogP contribution in [0.25, 0.3) is 0 Å². The van der Waals surface area contributed by atoms with Crippen LogP contribution in [0, 0.1) is 0 Å². The van der Waals surface area contributed by atoms with Gasteiger partial charge in [-0.15, -0.1) is 0 Å². The van der Waals surface area contributed by atoms with Gasteiger partial charge in [0.1, 0.15) is 11.5 Å². The van der Waals surface area contributed by atoms with E-state index in [1.807, 2.05) is 31.2 Å². The Balaban J connectivity index is 2.15. The number of aryl methyl sites for hydroxylation is 1. The summed E-state index contributed by atoms with van der Waals surface area (Å²) >= 11 is 0. The minimum absolute atomic E-state index is 0.0748. The number of benzene rings is 1. The number of para-hydroxylation sites is 1. The summed E-state index contributed by atoms with van der Waals surface area (Å²) in [4.78, 5) is 10.8. The smallest absolute Gasteiger partial charge is 0.371 e. The summed E-state index contributed by atoms with van der Waals surface area (Å²) in [5.74, 6) is 0.149. The molecule has 0 spiro atoms. The van der Waals surface area contributed by atoms with E-state index < -0.39 is 5.97 Å². The molecule has 19 heavy (non-hydrogen) atoms. The Bertz CT molecular complexity index is 571. The van der Waals surface area contributed by atoms with Gasteiger partial charge in [-0.05, 0) is 37.1 Å². The summed E-state index contributed by atoms with van der Waals surface area (Å²) in [5, 5.41) is 8.82. The van der Waals surface area contributed by atoms with E-state index in [1.165, 1.54) is 6.07 Å². The van der Waals surface area contributed by atoms with E-state index in [9.17, 15) is 4.79 Å². The highest BCUT2D eigenvalue weighted by atomic mass is 16.5. The Morgan fingerprint density at radius 1 is 1.32 bits per heavy atom. The zero-order valence-corrected chi connectivity index (χ0v) is 10.9. The Labute approximate surface area is 111 Å². The van der Waals surface area contributed by atoms with Crippen LogP contribution in [0.4, 0.5) is 0 Å². The number of hydrogen-bond acceptors (Lipinski definition) is 3. The number of aromatic carboxylic acids is 1. The molecule has 0 aliphatic heterocycles. The molecule has 1 N–H and O–H groups in total. The molecule has 0 amide bonds. The first-order valence-corrected chi connectivity index (χ1v) is 6.19. The van der Waals surface area contributed by atoms with Gasteiger partial charge in [-0.1, -0.05) is 25.1 Å². The van der Waals surface area contributed by atoms with E-state index >= 15 is 0 Å². The summed E-state index contributed by atoms with van der Waals surface area (Å²) in [5.41, 5.74) is 1.11. The van der Waals surface area contributed by atoms with Crippen molar-refractivity contribution in [1.29, 1.82) is 0 Å². The molecule has 0 bridgehead atoms. The molecule has 1 aromatic carbocycles. The number of rotatable bonds is 5. The standard InChI is InChI=1S/C15H16O4/c1-3-11-6-4-5-7-13(11)18-10(2)12-8-9-14(19-12)15(16)17/h4-10H,3H2,1-2H3,(H,16,17). The molecule has 0 fully saturated rings. The lowest BCUT2D eigenvalue weighted by Gasteiger charge is -2.15. The van der Waals surface area contributed by atoms with Crippen LogP contribution in [0.1, 0.15) is 41.8 Å². The third-order valence-electron chi connectivity index (χ3n) is 2.90. The lowest BCUT2D eigenvalue weighted by molar-refractivity contribution is 0.0655. The Hall–Kier alpha value is -2.23. The number of ether oxygens (including phenoxy) is 1. The van der Waals surface area contributed by atoms with Crippen molar-refractivity contribution in [3.63, 3.8) is 0 Å². The van der Waals surface area contributed by atoms with Crippen molar-refractivity contribution < 1.29 is 19.1 Å². The van der Waals surface area contributed by atoms with Crippen molar-refractivity contribution in [3.05, 3.63) is 53.5 Å². The maximum Gasteiger partial charge on any atom is 0.371 e. The van der Waals surface area contributed by atoms with E-state index in [0.717, 1.165) is 17.7 Å². The van der Waals surface area contributed by atoms with E-state index in [1.54, 1.807) is 6.07 Å². The molecule has 0 saturated carbocycles. The Kier molecular flexibility index (Phi) is 3.90. The van der Waals surface area contributed by atoms with Gasteiger partial charge >= 0.3 is 5.97 Å². The molecule has 0 aliphatic rings. The van der Waals surface area contributed by atoms with Crippen LogP contribution in [-0.4, -0.2) is 11.1 Å². The quantitative estimate of drug-likeness (QED) is 0.890. The predicted octanol–water partition coefficient (Wildman–Crippen LogP) is 3.68. The molecule has 1 aromatic heterocycles. The molecule has 100 valence electrons. The fourth-order valence-corrected chi connectivity index (χ4v) is 1.85. The van der Waals surface area contributed by atoms with Crippen LogP contribution < -0.4 is 4.74 Å². The molecule has 1 atom stereocenters. The summed E-state index contributed by atoms with van der Waals surface area (Å²) in [6.07, 6.45) is 0.544. The van der Waals surface area contributed by atoms with Gasteiger partial charge in [0.05, 0.1) is 0 Å². The molecule has 4 heteroatoms. The summed E-state index contributed by atoms with van der Waals surface area (Å²) in [6, 6.07) is 10.8. The van der Waals surface area contributed by atoms with E-state index in [4.69, 9.17) is 14.3 Å². The number of carboxylic acid groups (broad SMARTS) is 1. The minimum atomic E-state index is -1.08. The maximum atomic E-state index is 10.8. The van der Waals surface area contributed by atoms with Gasteiger partial charge in [0, 0.05) is 0 Å². The zero-order valence-electron chi connectivity index (χ0n) is 10.9. The van der Waals surface area contributed by atoms with Gasteiger partial charge < -0.3 is 14.3 Å². The van der Waals surface area contributed by atoms with Crippen molar-refractivity contribution in [2.24, 2.45) is 0 Å². The third-order valence-corrected chi connectivity index (χ3v) is 2.90. The number of furan rings is 1. The van der Waals surface area contributed by atoms with E-state index in [-0.39, 0.29) is 11.9 Å². The average Bonchev–Trinajstić information content (AvgIpc) is 2.89. The van der Waals surface area contributed by atoms with Crippen molar-refractivity contribution in [3.8, 4) is 5.75 Å². The lowest BCUT2D eigenvalue weighted by atomic mass is 10.1. The fourth-order valence-electron chi connectivity index (χ4n) is 1.85. The summed E-state index contributed by atoms with van der Waals surface area (Å²) in [7, 11) is 0. The van der Waals surface area contributed by atoms with Crippen LogP contribution in [0.2, 0.25) is 0 Å². The van der Waals surface area contributed by atoms with Crippen LogP contribution in [-0.2, 0) is 6.42 Å². The van der Waals surface area contributed by atoms with Crippen LogP contribution in [0.5, 0.6) is 5.75 Å². The predicted molar refractivity (Wildman–Crippen MR) is 70.5 cm³/mol. The summed E-state index contributed by atoms with van der Waals surface area (Å²) in [6.45, 7) is 3.89. The molecule has 0 aliphatic carbocycles. The van der Waals surface area contributed by atoms with Crippen LogP contribution >= 0.6 is 0 Å². The molecule has 1 unspecified atom stereocenters. The second-order valence-corrected chi connectivity index (χ2v) is 4.23. The molecule has 4 nitrogen and oxygen atoms in total. The molecule has 0 radical (unpaired) electrons. The number of carbonyl (C=O) groups is 1. The van der Waals surface area contributed by atoms with Gasteiger partial charge in [0.25, 0.3) is 0 Å². The first kappa shape index (κ1) is 13.2. The highest BCUT2D eigenvalue weighted by Crippen LogP contribution is 2.26. The number of hydrogen-bond donors (Lipinski definition) is 1. The van der Waals surface area contributed by atoms with Gasteiger partial charge in [-0.25, -0.2) is 4.79 Å². The first-order chi connectivity index (χ1) is 9.11. The van der Waals surface area contributed by atoms with Crippen LogP contribution in [0.15, 0.2) is 40.8 Å². The van der Waals surface area contributed by atoms with Crippen molar-refractivity contribution in [2.45, 2.75) is 26.4 Å². The van der Waals surface area contributed by atoms with Crippen LogP contribution in [0.3, 0.4) is 0 Å². The SMILES string of the molecule is CCc1ccccc1OC(C)c1ccc(C(=O)O)o1. The third kappa shape index (κ3) is 2.96. The Morgan fingerprint density at radius 3 is 2.68 bits per heavy atom. The lowest BCUT2D eigenvalue weighted by Crippen LogP contribution is -2.04.